The summed E-state index contributed by atoms with van der Waals surface area (Å²) in [6, 6.07) is 61.2. The first-order chi connectivity index (χ1) is 64.3. The van der Waals surface area contributed by atoms with Gasteiger partial charge in [-0.15, -0.1) is 0 Å². The molecule has 2 saturated heterocycles. The van der Waals surface area contributed by atoms with E-state index in [1.54, 1.807) is 0 Å². The van der Waals surface area contributed by atoms with Crippen molar-refractivity contribution < 1.29 is 0 Å². The van der Waals surface area contributed by atoms with Gasteiger partial charge in [0.25, 0.3) is 0 Å². The first-order valence-electron chi connectivity index (χ1n) is 53.4. The van der Waals surface area contributed by atoms with Crippen molar-refractivity contribution in [1.29, 1.82) is 0 Å². The zero-order chi connectivity index (χ0) is 103. The number of nitrogens with zero attached hydrogens (tertiary/aromatic N) is 11. The molecule has 0 amide bonds. The number of aryl methyl sites for hydroxylation is 3. The number of likely N-dealkylation sites (N-methyl/N-ethyl adjacent to an activating group) is 4. The standard InChI is InChI=1S/C18H36N2.C17H21N.C14H30N2.C12H23N.2C11H17N.C10H15N.C9H23N3.C9H13N.C5H14N2.C4H10N2/c1-17(2,3)11-12-19-14-9-7-8-10-15(14)20-13-16(20)18(4,5)6;1-18(14-12-16-8-4-2-5-9-16)15-13-17-10-6-3-7-11-17;1-13(2)8-12(16(6)7)9-14(3,10-13)11-15(4)5;1-8-10-6-9(12(10,2)3)7-11(8)13(4)5;1-8-6-9(2)11(12(4)5)10(3)7-8;1-11(2,3)12-9-10-7-5-4-6-8-10;1-3-11(4-2)10-8-6-5-7-9-10;1-10(2)6-8-12(5)9-7-11(3)4;1-10(2)8-9-6-4-3-5-7-9;6-4-2-1-3-5-7;1-2-6-4-3-5-1/h14-16,19H,7-13H2,1-6H3;2-11H,12-15H2,1H3;12H,8-11H2,1-7H3;8-11H,6-7H2,1-5H3;6-7H,1-5H3;4-8,12H,9H2,1-3H3;5-9H,3-4H2,1-2H3;6-9H2,1-5H3;3-7H,8H2,1-2H3;1-7H2;5-6H,1-4H2/t;;;8?,9-,10?,11?;;;;;;;/m...0......./s1. The van der Waals surface area contributed by atoms with Crippen LogP contribution < -0.4 is 42.5 Å². The first kappa shape index (κ1) is 127. The van der Waals surface area contributed by atoms with Crippen LogP contribution in [0.15, 0.2) is 164 Å². The fourth-order valence-electron chi connectivity index (χ4n) is 20.3. The van der Waals surface area contributed by atoms with Crippen molar-refractivity contribution >= 4 is 11.4 Å². The van der Waals surface area contributed by atoms with Crippen LogP contribution in [-0.2, 0) is 25.9 Å². The molecule has 0 spiro atoms. The Bertz CT molecular complexity index is 3790. The summed E-state index contributed by atoms with van der Waals surface area (Å²) >= 11 is 0. The molecule has 8 N–H and O–H groups in total. The van der Waals surface area contributed by atoms with Crippen LogP contribution in [0.5, 0.6) is 0 Å². The van der Waals surface area contributed by atoms with Crippen LogP contribution in [0, 0.1) is 65.6 Å². The predicted octanol–water partition coefficient (Wildman–Crippen LogP) is 21.6. The van der Waals surface area contributed by atoms with Crippen LogP contribution in [0.1, 0.15) is 240 Å². The van der Waals surface area contributed by atoms with Crippen molar-refractivity contribution in [2.45, 2.75) is 284 Å². The number of nitrogens with two attached hydrogens (primary N) is 2. The van der Waals surface area contributed by atoms with E-state index < -0.39 is 0 Å². The van der Waals surface area contributed by atoms with Gasteiger partial charge in [0, 0.05) is 166 Å². The molecule has 13 rings (SSSR count). The minimum absolute atomic E-state index is 0.204. The van der Waals surface area contributed by atoms with Gasteiger partial charge >= 0.3 is 0 Å². The maximum absolute atomic E-state index is 5.23. The second-order valence-electron chi connectivity index (χ2n) is 47.5. The van der Waals surface area contributed by atoms with E-state index in [2.05, 4.69) is 472 Å². The highest BCUT2D eigenvalue weighted by Gasteiger charge is 2.56. The van der Waals surface area contributed by atoms with Gasteiger partial charge in [0.1, 0.15) is 0 Å². The lowest BCUT2D eigenvalue weighted by atomic mass is 9.44. The van der Waals surface area contributed by atoms with Crippen LogP contribution in [0.3, 0.4) is 0 Å². The number of anilines is 2. The second-order valence-corrected chi connectivity index (χ2v) is 47.5. The summed E-state index contributed by atoms with van der Waals surface area (Å²) in [5.74, 6) is 2.88. The van der Waals surface area contributed by atoms with Crippen molar-refractivity contribution in [2.75, 3.05) is 234 Å². The van der Waals surface area contributed by atoms with Gasteiger partial charge in [-0.3, -0.25) is 4.90 Å². The van der Waals surface area contributed by atoms with E-state index in [-0.39, 0.29) is 5.54 Å². The Hall–Kier alpha value is -5.68. The van der Waals surface area contributed by atoms with Crippen molar-refractivity contribution in [3.05, 3.63) is 203 Å². The van der Waals surface area contributed by atoms with E-state index in [1.807, 2.05) is 18.2 Å². The minimum Gasteiger partial charge on any atom is -0.377 e. The molecule has 10 atom stereocenters. The molecule has 6 aromatic carbocycles. The van der Waals surface area contributed by atoms with Crippen LogP contribution in [0.4, 0.5) is 11.4 Å². The van der Waals surface area contributed by atoms with E-state index in [0.29, 0.717) is 27.1 Å². The molecule has 0 radical (unpaired) electrons. The molecule has 2 heterocycles. The predicted molar refractivity (Wildman–Crippen MR) is 608 cm³/mol. The summed E-state index contributed by atoms with van der Waals surface area (Å²) in [5.41, 5.74) is 25.4. The normalized spacial score (nSPS) is 21.1. The summed E-state index contributed by atoms with van der Waals surface area (Å²) in [6.07, 6.45) is 19.5. The maximum Gasteiger partial charge on any atom is 0.0420 e. The number of piperazine rings is 1. The molecule has 9 unspecified atom stereocenters. The molecule has 784 valence electrons. The number of nitrogens with one attached hydrogen (secondary N) is 4. The molecule has 5 saturated carbocycles. The Kier molecular flexibility index (Phi) is 63.0. The third-order valence-corrected chi connectivity index (χ3v) is 27.9. The number of hydrogen-bond acceptors (Lipinski definition) is 17. The molecule has 137 heavy (non-hydrogen) atoms. The third-order valence-electron chi connectivity index (χ3n) is 27.9. The molecule has 0 aromatic heterocycles. The van der Waals surface area contributed by atoms with E-state index >= 15 is 0 Å². The molecule has 17 nitrogen and oxygen atoms in total. The van der Waals surface area contributed by atoms with E-state index in [9.17, 15) is 0 Å². The summed E-state index contributed by atoms with van der Waals surface area (Å²) in [4.78, 5) is 25.8. The highest BCUT2D eigenvalue weighted by atomic mass is 15.4. The summed E-state index contributed by atoms with van der Waals surface area (Å²) < 4.78 is 0. The smallest absolute Gasteiger partial charge is 0.0420 e. The Labute approximate surface area is 848 Å². The van der Waals surface area contributed by atoms with E-state index in [4.69, 9.17) is 11.5 Å². The number of unbranched alkanes of at least 4 members (excludes halogenated alkanes) is 2. The molecule has 2 bridgehead atoms. The fraction of sp³-hybridized carbons (Fsp3) is 0.700. The summed E-state index contributed by atoms with van der Waals surface area (Å²) in [7, 11) is 34.4. The highest BCUT2D eigenvalue weighted by Crippen LogP contribution is 2.62. The number of hydrogen-bond donors (Lipinski definition) is 6. The summed E-state index contributed by atoms with van der Waals surface area (Å²) in [6.45, 7) is 67.1. The maximum atomic E-state index is 5.23. The van der Waals surface area contributed by atoms with Gasteiger partial charge in [0.15, 0.2) is 0 Å². The average Bonchev–Trinajstić information content (AvgIpc) is 1.55. The number of fused-ring (bicyclic) bond motifs is 2. The van der Waals surface area contributed by atoms with Crippen molar-refractivity contribution in [2.24, 2.45) is 56.3 Å². The van der Waals surface area contributed by atoms with Crippen LogP contribution in [0.25, 0.3) is 0 Å². The van der Waals surface area contributed by atoms with Crippen molar-refractivity contribution in [1.82, 2.24) is 65.4 Å². The van der Waals surface area contributed by atoms with E-state index in [0.717, 1.165) is 178 Å². The largest absolute Gasteiger partial charge is 0.377 e. The van der Waals surface area contributed by atoms with Gasteiger partial charge in [0.2, 0.25) is 0 Å². The molecule has 7 aliphatic rings. The molecule has 5 aliphatic carbocycles. The van der Waals surface area contributed by atoms with Crippen LogP contribution in [0.2, 0.25) is 0 Å². The van der Waals surface area contributed by atoms with Gasteiger partial charge < -0.3 is 81.7 Å². The zero-order valence-electron chi connectivity index (χ0n) is 95.8. The van der Waals surface area contributed by atoms with Crippen LogP contribution >= 0.6 is 0 Å². The quantitative estimate of drug-likeness (QED) is 0.0176. The lowest BCUT2D eigenvalue weighted by molar-refractivity contribution is -0.132. The average molecular weight is 1900 g/mol. The highest BCUT2D eigenvalue weighted by molar-refractivity contribution is 5.59. The van der Waals surface area contributed by atoms with Gasteiger partial charge in [-0.25, -0.2) is 0 Å². The molecule has 6 aromatic rings. The Morgan fingerprint density at radius 1 is 0.496 bits per heavy atom. The first-order valence-corrected chi connectivity index (χ1v) is 53.4. The van der Waals surface area contributed by atoms with E-state index in [1.165, 1.54) is 141 Å². The Morgan fingerprint density at radius 3 is 1.31 bits per heavy atom. The Morgan fingerprint density at radius 2 is 0.942 bits per heavy atom. The number of para-hydroxylation sites is 1. The van der Waals surface area contributed by atoms with Crippen molar-refractivity contribution in [3.63, 3.8) is 0 Å². The van der Waals surface area contributed by atoms with Gasteiger partial charge in [-0.1, -0.05) is 260 Å². The molecular formula is C120H219N17. The van der Waals surface area contributed by atoms with Gasteiger partial charge in [-0.05, 0) is 341 Å². The molecule has 7 fully saturated rings. The SMILES string of the molecule is C1CNCCN1.CC(C)(C)CCNC1CCCCC1N1CC1C(C)(C)C.CC(C)(C)NCc1ccccc1.CC1C(N(C)C)C[C@@H]2CC1C2(C)C.CCN(CC)c1ccccc1.CN(C)CC1(C)CC(N(C)C)CC(C)(C)C1.CN(C)CCN(C)CCN(C)C.CN(C)Cc1ccccc1.CN(CCc1ccccc1)CCc1ccccc1.Cc1cc(C)c(N(C)C)c(C)c1.NCCCCCN. The van der Waals surface area contributed by atoms with Gasteiger partial charge in [0.05, 0.1) is 0 Å². The van der Waals surface area contributed by atoms with Gasteiger partial charge in [-0.2, -0.15) is 0 Å². The van der Waals surface area contributed by atoms with Crippen molar-refractivity contribution in [3.8, 4) is 0 Å². The molecule has 2 aliphatic heterocycles. The monoisotopic (exact) mass is 1900 g/mol. The Balaban J connectivity index is 0.000000516. The topological polar surface area (TPSA) is 136 Å². The lowest BCUT2D eigenvalue weighted by Crippen LogP contribution is -2.59. The van der Waals surface area contributed by atoms with Crippen LogP contribution in [-0.4, -0.2) is 304 Å². The lowest BCUT2D eigenvalue weighted by Gasteiger charge is -2.63. The zero-order valence-corrected chi connectivity index (χ0v) is 95.8. The minimum atomic E-state index is 0.204. The second kappa shape index (κ2) is 67.8. The molecule has 17 heteroatoms. The number of benzene rings is 6. The molecular weight excluding hydrogens is 1680 g/mol. The fourth-order valence-corrected chi connectivity index (χ4v) is 20.3. The number of rotatable bonds is 32. The summed E-state index contributed by atoms with van der Waals surface area (Å²) in [5, 5.41) is 13.8. The third kappa shape index (κ3) is 57.4.